The summed E-state index contributed by atoms with van der Waals surface area (Å²) in [7, 11) is 0. The number of amides is 1. The molecule has 0 spiro atoms. The average molecular weight is 178 g/mol. The highest BCUT2D eigenvalue weighted by atomic mass is 16.3. The van der Waals surface area contributed by atoms with Crippen molar-refractivity contribution in [2.75, 3.05) is 0 Å². The number of rotatable bonds is 3. The fraction of sp³-hybridized carbons (Fsp3) is 0.111. The first-order chi connectivity index (χ1) is 6.13. The molecule has 4 nitrogen and oxygen atoms in total. The predicted molar refractivity (Wildman–Crippen MR) is 47.5 cm³/mol. The molecule has 0 bridgehead atoms. The van der Waals surface area contributed by atoms with Gasteiger partial charge >= 0.3 is 0 Å². The van der Waals surface area contributed by atoms with Gasteiger partial charge < -0.3 is 10.8 Å². The second-order valence-corrected chi connectivity index (χ2v) is 2.58. The lowest BCUT2D eigenvalue weighted by atomic mass is 10.0. The number of pyridine rings is 1. The zero-order chi connectivity index (χ0) is 9.84. The van der Waals surface area contributed by atoms with E-state index in [2.05, 4.69) is 11.6 Å². The zero-order valence-electron chi connectivity index (χ0n) is 6.97. The number of hydrogen-bond acceptors (Lipinski definition) is 3. The van der Waals surface area contributed by atoms with Crippen molar-refractivity contribution in [3.8, 4) is 0 Å². The molecule has 13 heavy (non-hydrogen) atoms. The molecular weight excluding hydrogens is 168 g/mol. The molecule has 4 heteroatoms. The second kappa shape index (κ2) is 3.82. The molecule has 0 aliphatic rings. The van der Waals surface area contributed by atoms with E-state index in [0.717, 1.165) is 0 Å². The maximum atomic E-state index is 10.7. The van der Waals surface area contributed by atoms with E-state index in [1.165, 1.54) is 6.20 Å². The lowest BCUT2D eigenvalue weighted by molar-refractivity contribution is -0.115. The summed E-state index contributed by atoms with van der Waals surface area (Å²) in [5.74, 6) is -0.712. The molecule has 0 aliphatic carbocycles. The molecule has 1 aromatic heterocycles. The Kier molecular flexibility index (Phi) is 2.76. The highest BCUT2D eigenvalue weighted by molar-refractivity contribution is 5.92. The molecule has 0 saturated carbocycles. The first kappa shape index (κ1) is 9.41. The van der Waals surface area contributed by atoms with Gasteiger partial charge in [0.2, 0.25) is 5.91 Å². The van der Waals surface area contributed by atoms with Crippen molar-refractivity contribution in [2.24, 2.45) is 5.73 Å². The first-order valence-electron chi connectivity index (χ1n) is 3.69. The number of aliphatic hydroxyl groups is 1. The lowest BCUT2D eigenvalue weighted by Crippen LogP contribution is -2.18. The summed E-state index contributed by atoms with van der Waals surface area (Å²) in [5.41, 5.74) is 5.43. The molecule has 0 aliphatic heterocycles. The highest BCUT2D eigenvalue weighted by Crippen LogP contribution is 2.18. The van der Waals surface area contributed by atoms with E-state index in [1.807, 2.05) is 0 Å². The molecule has 1 heterocycles. The number of nitrogens with two attached hydrogens (primary N) is 1. The van der Waals surface area contributed by atoms with Gasteiger partial charge in [-0.1, -0.05) is 12.6 Å². The number of hydrogen-bond donors (Lipinski definition) is 2. The Hall–Kier alpha value is -1.68. The van der Waals surface area contributed by atoms with Crippen LogP contribution in [0.4, 0.5) is 0 Å². The van der Waals surface area contributed by atoms with Crippen LogP contribution in [-0.4, -0.2) is 16.0 Å². The summed E-state index contributed by atoms with van der Waals surface area (Å²) in [6.45, 7) is 3.38. The van der Waals surface area contributed by atoms with Crippen LogP contribution in [0.5, 0.6) is 0 Å². The predicted octanol–water partition coefficient (Wildman–Crippen LogP) is 0.157. The van der Waals surface area contributed by atoms with Crippen LogP contribution >= 0.6 is 0 Å². The fourth-order valence-corrected chi connectivity index (χ4v) is 0.874. The van der Waals surface area contributed by atoms with Gasteiger partial charge in [-0.3, -0.25) is 9.78 Å². The third-order valence-corrected chi connectivity index (χ3v) is 1.65. The van der Waals surface area contributed by atoms with Gasteiger partial charge in [0.25, 0.3) is 0 Å². The highest BCUT2D eigenvalue weighted by Gasteiger charge is 2.15. The van der Waals surface area contributed by atoms with E-state index >= 15 is 0 Å². The molecule has 1 unspecified atom stereocenters. The summed E-state index contributed by atoms with van der Waals surface area (Å²) in [4.78, 5) is 14.5. The molecule has 3 N–H and O–H groups in total. The van der Waals surface area contributed by atoms with Gasteiger partial charge in [-0.2, -0.15) is 0 Å². The van der Waals surface area contributed by atoms with E-state index in [1.54, 1.807) is 18.3 Å². The van der Waals surface area contributed by atoms with Crippen LogP contribution in [0, 0.1) is 0 Å². The van der Waals surface area contributed by atoms with E-state index in [4.69, 9.17) is 5.73 Å². The monoisotopic (exact) mass is 178 g/mol. The summed E-state index contributed by atoms with van der Waals surface area (Å²) >= 11 is 0. The molecule has 1 atom stereocenters. The fourth-order valence-electron chi connectivity index (χ4n) is 0.874. The van der Waals surface area contributed by atoms with Crippen molar-refractivity contribution in [1.29, 1.82) is 0 Å². The van der Waals surface area contributed by atoms with Crippen LogP contribution in [0.3, 0.4) is 0 Å². The quantitative estimate of drug-likeness (QED) is 0.647. The standard InChI is InChI=1S/C9H10N2O2/c1-6(9(10)13)8(12)7-3-2-4-11-5-7/h2-5,8,12H,1H2,(H2,10,13). The van der Waals surface area contributed by atoms with Crippen LogP contribution in [0.2, 0.25) is 0 Å². The van der Waals surface area contributed by atoms with E-state index in [-0.39, 0.29) is 5.57 Å². The molecule has 0 fully saturated rings. The Morgan fingerprint density at radius 1 is 1.69 bits per heavy atom. The zero-order valence-corrected chi connectivity index (χ0v) is 6.97. The number of primary amides is 1. The summed E-state index contributed by atoms with van der Waals surface area (Å²) in [6, 6.07) is 3.30. The molecule has 1 aromatic rings. The van der Waals surface area contributed by atoms with Gasteiger partial charge in [-0.25, -0.2) is 0 Å². The van der Waals surface area contributed by atoms with Gasteiger partial charge in [0.15, 0.2) is 0 Å². The topological polar surface area (TPSA) is 76.2 Å². The molecule has 0 aromatic carbocycles. The largest absolute Gasteiger partial charge is 0.383 e. The minimum absolute atomic E-state index is 0.0343. The van der Waals surface area contributed by atoms with Crippen LogP contribution in [0.1, 0.15) is 11.7 Å². The van der Waals surface area contributed by atoms with Crippen molar-refractivity contribution in [3.63, 3.8) is 0 Å². The Bertz CT molecular complexity index is 322. The molecule has 0 saturated heterocycles. The van der Waals surface area contributed by atoms with Crippen LogP contribution in [-0.2, 0) is 4.79 Å². The maximum absolute atomic E-state index is 10.7. The lowest BCUT2D eigenvalue weighted by Gasteiger charge is -2.09. The summed E-state index contributed by atoms with van der Waals surface area (Å²) in [6.07, 6.45) is 1.97. The average Bonchev–Trinajstić information content (AvgIpc) is 2.17. The third kappa shape index (κ3) is 2.13. The number of aliphatic hydroxyl groups excluding tert-OH is 1. The minimum atomic E-state index is -1.06. The number of carbonyl (C=O) groups is 1. The van der Waals surface area contributed by atoms with Crippen molar-refractivity contribution in [1.82, 2.24) is 4.98 Å². The minimum Gasteiger partial charge on any atom is -0.383 e. The van der Waals surface area contributed by atoms with Crippen LogP contribution in [0.25, 0.3) is 0 Å². The maximum Gasteiger partial charge on any atom is 0.247 e. The normalized spacial score (nSPS) is 12.1. The van der Waals surface area contributed by atoms with Crippen LogP contribution in [0.15, 0.2) is 36.7 Å². The molecule has 1 rings (SSSR count). The van der Waals surface area contributed by atoms with E-state index < -0.39 is 12.0 Å². The first-order valence-corrected chi connectivity index (χ1v) is 3.69. The Morgan fingerprint density at radius 2 is 2.38 bits per heavy atom. The summed E-state index contributed by atoms with van der Waals surface area (Å²) < 4.78 is 0. The van der Waals surface area contributed by atoms with Crippen molar-refractivity contribution < 1.29 is 9.90 Å². The van der Waals surface area contributed by atoms with Crippen LogP contribution < -0.4 is 5.73 Å². The smallest absolute Gasteiger partial charge is 0.247 e. The Balaban J connectivity index is 2.86. The van der Waals surface area contributed by atoms with Gasteiger partial charge in [0.1, 0.15) is 6.10 Å². The Labute approximate surface area is 75.7 Å². The second-order valence-electron chi connectivity index (χ2n) is 2.58. The molecule has 1 amide bonds. The molecule has 0 radical (unpaired) electrons. The third-order valence-electron chi connectivity index (χ3n) is 1.65. The van der Waals surface area contributed by atoms with E-state index in [0.29, 0.717) is 5.56 Å². The molecular formula is C9H10N2O2. The van der Waals surface area contributed by atoms with Crippen molar-refractivity contribution in [2.45, 2.75) is 6.10 Å². The van der Waals surface area contributed by atoms with Gasteiger partial charge in [0, 0.05) is 23.5 Å². The van der Waals surface area contributed by atoms with E-state index in [9.17, 15) is 9.90 Å². The summed E-state index contributed by atoms with van der Waals surface area (Å²) in [5, 5.41) is 9.52. The van der Waals surface area contributed by atoms with Crippen molar-refractivity contribution in [3.05, 3.63) is 42.2 Å². The Morgan fingerprint density at radius 3 is 2.85 bits per heavy atom. The SMILES string of the molecule is C=C(C(N)=O)C(O)c1cccnc1. The molecule has 68 valence electrons. The van der Waals surface area contributed by atoms with Gasteiger partial charge in [0.05, 0.1) is 0 Å². The van der Waals surface area contributed by atoms with Gasteiger partial charge in [-0.05, 0) is 6.07 Å². The van der Waals surface area contributed by atoms with Crippen molar-refractivity contribution >= 4 is 5.91 Å². The number of carbonyl (C=O) groups excluding carboxylic acids is 1. The van der Waals surface area contributed by atoms with Gasteiger partial charge in [-0.15, -0.1) is 0 Å². The number of nitrogens with zero attached hydrogens (tertiary/aromatic N) is 1. The number of aromatic nitrogens is 1.